The highest BCUT2D eigenvalue weighted by atomic mass is 32.2. The molecule has 1 aromatic heterocycles. The smallest absolute Gasteiger partial charge is 0.229 e. The number of sulfonamides is 1. The molecule has 0 radical (unpaired) electrons. The Morgan fingerprint density at radius 2 is 2.17 bits per heavy atom. The van der Waals surface area contributed by atoms with Crippen LogP contribution in [0.15, 0.2) is 18.3 Å². The normalized spacial score (nSPS) is 20.2. The molecule has 2 N–H and O–H groups in total. The molecule has 1 fully saturated rings. The van der Waals surface area contributed by atoms with Crippen molar-refractivity contribution >= 4 is 28.0 Å². The molecule has 0 spiro atoms. The summed E-state index contributed by atoms with van der Waals surface area (Å²) in [6, 6.07) is 3.00. The van der Waals surface area contributed by atoms with E-state index in [0.29, 0.717) is 17.7 Å². The Labute approximate surface area is 104 Å². The van der Waals surface area contributed by atoms with Crippen LogP contribution < -0.4 is 10.0 Å². The van der Waals surface area contributed by atoms with Crippen LogP contribution >= 0.6 is 0 Å². The highest BCUT2D eigenvalue weighted by molar-refractivity contribution is 7.89. The third-order valence-electron chi connectivity index (χ3n) is 2.74. The molecule has 96 valence electrons. The number of hydrogen-bond acceptors (Lipinski definition) is 5. The molecule has 1 aliphatic heterocycles. The van der Waals surface area contributed by atoms with Crippen LogP contribution in [0.3, 0.4) is 0 Å². The van der Waals surface area contributed by atoms with Gasteiger partial charge in [-0.25, -0.2) is 18.5 Å². The Morgan fingerprint density at radius 3 is 2.61 bits per heavy atom. The van der Waals surface area contributed by atoms with Crippen molar-refractivity contribution in [2.45, 2.75) is 11.7 Å². The van der Waals surface area contributed by atoms with Crippen molar-refractivity contribution in [2.75, 3.05) is 11.4 Å². The molecule has 1 saturated heterocycles. The number of hydrogen-bond donors (Lipinski definition) is 1. The summed E-state index contributed by atoms with van der Waals surface area (Å²) in [5.74, 6) is -0.0304. The highest BCUT2D eigenvalue weighted by Crippen LogP contribution is 2.22. The van der Waals surface area contributed by atoms with Crippen molar-refractivity contribution in [3.8, 4) is 0 Å². The summed E-state index contributed by atoms with van der Waals surface area (Å²) in [7, 11) is -3.74. The van der Waals surface area contributed by atoms with Gasteiger partial charge in [0.05, 0.1) is 0 Å². The minimum absolute atomic E-state index is 0.00883. The number of pyridine rings is 1. The van der Waals surface area contributed by atoms with Gasteiger partial charge in [-0.15, -0.1) is 0 Å². The number of aldehydes is 1. The van der Waals surface area contributed by atoms with Gasteiger partial charge in [-0.3, -0.25) is 14.5 Å². The van der Waals surface area contributed by atoms with Crippen molar-refractivity contribution in [3.05, 3.63) is 23.9 Å². The van der Waals surface area contributed by atoms with Crippen molar-refractivity contribution in [3.63, 3.8) is 0 Å². The number of rotatable bonds is 3. The van der Waals surface area contributed by atoms with E-state index in [4.69, 9.17) is 5.14 Å². The number of amides is 1. The Bertz CT molecular complexity index is 582. The number of nitrogens with zero attached hydrogens (tertiary/aromatic N) is 2. The molecule has 1 amide bonds. The van der Waals surface area contributed by atoms with Gasteiger partial charge in [0, 0.05) is 24.7 Å². The summed E-state index contributed by atoms with van der Waals surface area (Å²) in [6.07, 6.45) is 1.81. The van der Waals surface area contributed by atoms with Crippen molar-refractivity contribution < 1.29 is 18.0 Å². The molecule has 8 heteroatoms. The van der Waals surface area contributed by atoms with Crippen LogP contribution in [0.25, 0.3) is 0 Å². The maximum atomic E-state index is 11.7. The Kier molecular flexibility index (Phi) is 3.14. The fraction of sp³-hybridized carbons (Fsp3) is 0.300. The molecule has 0 aliphatic carbocycles. The van der Waals surface area contributed by atoms with Gasteiger partial charge in [0.1, 0.15) is 11.1 Å². The molecule has 1 atom stereocenters. The monoisotopic (exact) mass is 269 g/mol. The van der Waals surface area contributed by atoms with E-state index in [0.717, 1.165) is 0 Å². The van der Waals surface area contributed by atoms with Gasteiger partial charge in [0.15, 0.2) is 6.29 Å². The number of anilines is 1. The first-order valence-corrected chi connectivity index (χ1v) is 6.76. The van der Waals surface area contributed by atoms with E-state index in [2.05, 4.69) is 4.98 Å². The molecular formula is C10H11N3O4S. The first-order chi connectivity index (χ1) is 8.41. The van der Waals surface area contributed by atoms with Crippen LogP contribution in [0.4, 0.5) is 5.82 Å². The molecule has 0 saturated carbocycles. The molecule has 18 heavy (non-hydrogen) atoms. The van der Waals surface area contributed by atoms with Crippen LogP contribution in [0, 0.1) is 0 Å². The summed E-state index contributed by atoms with van der Waals surface area (Å²) < 4.78 is 22.4. The van der Waals surface area contributed by atoms with Crippen molar-refractivity contribution in [1.82, 2.24) is 4.98 Å². The predicted octanol–water partition coefficient (Wildman–Crippen LogP) is -0.712. The van der Waals surface area contributed by atoms with E-state index in [1.54, 1.807) is 0 Å². The van der Waals surface area contributed by atoms with Crippen molar-refractivity contribution in [2.24, 2.45) is 5.14 Å². The maximum Gasteiger partial charge on any atom is 0.229 e. The largest absolute Gasteiger partial charge is 0.298 e. The Balaban J connectivity index is 2.24. The van der Waals surface area contributed by atoms with Gasteiger partial charge in [-0.1, -0.05) is 0 Å². The van der Waals surface area contributed by atoms with Crippen LogP contribution in [0.2, 0.25) is 0 Å². The van der Waals surface area contributed by atoms with Crippen LogP contribution in [0.5, 0.6) is 0 Å². The van der Waals surface area contributed by atoms with Crippen LogP contribution in [-0.2, 0) is 14.8 Å². The molecule has 0 aromatic carbocycles. The minimum Gasteiger partial charge on any atom is -0.298 e. The van der Waals surface area contributed by atoms with Crippen LogP contribution in [0.1, 0.15) is 16.8 Å². The minimum atomic E-state index is -3.74. The second kappa shape index (κ2) is 4.46. The summed E-state index contributed by atoms with van der Waals surface area (Å²) in [5, 5.41) is 4.11. The van der Waals surface area contributed by atoms with Gasteiger partial charge in [-0.05, 0) is 12.1 Å². The summed E-state index contributed by atoms with van der Waals surface area (Å²) in [5.41, 5.74) is 0.383. The second-order valence-electron chi connectivity index (χ2n) is 3.99. The number of nitrogens with two attached hydrogens (primary N) is 1. The first kappa shape index (κ1) is 12.7. The number of aromatic nitrogens is 1. The zero-order valence-corrected chi connectivity index (χ0v) is 10.1. The molecule has 1 unspecified atom stereocenters. The first-order valence-electron chi connectivity index (χ1n) is 5.15. The zero-order valence-electron chi connectivity index (χ0n) is 9.31. The highest BCUT2D eigenvalue weighted by Gasteiger charge is 2.37. The van der Waals surface area contributed by atoms with E-state index in [9.17, 15) is 18.0 Å². The number of carbonyl (C=O) groups is 2. The lowest BCUT2D eigenvalue weighted by Gasteiger charge is -2.14. The summed E-state index contributed by atoms with van der Waals surface area (Å²) in [6.45, 7) is -0.00883. The topological polar surface area (TPSA) is 110 Å². The predicted molar refractivity (Wildman–Crippen MR) is 63.5 cm³/mol. The van der Waals surface area contributed by atoms with Crippen molar-refractivity contribution in [1.29, 1.82) is 0 Å². The fourth-order valence-corrected chi connectivity index (χ4v) is 2.47. The number of carbonyl (C=O) groups excluding carboxylic acids is 2. The summed E-state index contributed by atoms with van der Waals surface area (Å²) >= 11 is 0. The SMILES string of the molecule is NS(=O)(=O)C1CC(=O)N(c2ccc(C=O)cn2)C1. The van der Waals surface area contributed by atoms with E-state index < -0.39 is 15.3 Å². The Hall–Kier alpha value is -1.80. The quantitative estimate of drug-likeness (QED) is 0.728. The fourth-order valence-electron chi connectivity index (χ4n) is 1.74. The van der Waals surface area contributed by atoms with E-state index in [1.165, 1.54) is 23.2 Å². The maximum absolute atomic E-state index is 11.7. The van der Waals surface area contributed by atoms with Gasteiger partial charge >= 0.3 is 0 Å². The van der Waals surface area contributed by atoms with Gasteiger partial charge in [0.2, 0.25) is 15.9 Å². The lowest BCUT2D eigenvalue weighted by Crippen LogP contribution is -2.32. The lowest BCUT2D eigenvalue weighted by molar-refractivity contribution is -0.117. The molecule has 1 aromatic rings. The van der Waals surface area contributed by atoms with E-state index >= 15 is 0 Å². The average Bonchev–Trinajstić information content (AvgIpc) is 2.71. The second-order valence-corrected chi connectivity index (χ2v) is 5.83. The van der Waals surface area contributed by atoms with Gasteiger partial charge < -0.3 is 0 Å². The molecule has 2 heterocycles. The average molecular weight is 269 g/mol. The van der Waals surface area contributed by atoms with E-state index in [-0.39, 0.29) is 18.9 Å². The molecule has 1 aliphatic rings. The summed E-state index contributed by atoms with van der Waals surface area (Å²) in [4.78, 5) is 27.3. The zero-order chi connectivity index (χ0) is 13.3. The van der Waals surface area contributed by atoms with Crippen LogP contribution in [-0.4, -0.2) is 37.4 Å². The molecule has 0 bridgehead atoms. The third kappa shape index (κ3) is 2.39. The molecule has 2 rings (SSSR count). The van der Waals surface area contributed by atoms with E-state index in [1.807, 2.05) is 0 Å². The number of primary sulfonamides is 1. The third-order valence-corrected chi connectivity index (χ3v) is 3.98. The Morgan fingerprint density at radius 1 is 1.44 bits per heavy atom. The standard InChI is InChI=1S/C10H11N3O4S/c11-18(16,17)8-3-10(15)13(5-8)9-2-1-7(6-14)4-12-9/h1-2,4,6,8H,3,5H2,(H2,11,16,17). The van der Waals surface area contributed by atoms with Gasteiger partial charge in [0.25, 0.3) is 0 Å². The molecular weight excluding hydrogens is 258 g/mol. The lowest BCUT2D eigenvalue weighted by atomic mass is 10.3. The molecule has 7 nitrogen and oxygen atoms in total. The van der Waals surface area contributed by atoms with Gasteiger partial charge in [-0.2, -0.15) is 0 Å².